The third-order valence-electron chi connectivity index (χ3n) is 2.62. The molecular weight excluding hydrogens is 232 g/mol. The number of amides is 1. The molecule has 0 spiro atoms. The van der Waals surface area contributed by atoms with E-state index in [0.717, 1.165) is 5.56 Å². The lowest BCUT2D eigenvalue weighted by Gasteiger charge is -2.21. The lowest BCUT2D eigenvalue weighted by Crippen LogP contribution is -2.41. The van der Waals surface area contributed by atoms with E-state index >= 15 is 0 Å². The molecule has 100 valence electrons. The fourth-order valence-electron chi connectivity index (χ4n) is 1.73. The molecule has 1 aromatic rings. The van der Waals surface area contributed by atoms with Crippen molar-refractivity contribution in [2.75, 3.05) is 27.3 Å². The standard InChI is InChI=1S/C13H20N2O3/c1-9-4-5-11(12(16)6-9)13(17)15(2)7-10(14)8-18-3/h4-6,10,16H,7-8,14H2,1-3H3. The first-order chi connectivity index (χ1) is 8.45. The van der Waals surface area contributed by atoms with Gasteiger partial charge >= 0.3 is 0 Å². The molecule has 18 heavy (non-hydrogen) atoms. The summed E-state index contributed by atoms with van der Waals surface area (Å²) in [7, 11) is 3.21. The van der Waals surface area contributed by atoms with Crippen LogP contribution in [0.2, 0.25) is 0 Å². The second-order valence-corrected chi connectivity index (χ2v) is 4.42. The maximum absolute atomic E-state index is 12.1. The molecule has 0 aliphatic carbocycles. The van der Waals surface area contributed by atoms with Crippen LogP contribution in [0.4, 0.5) is 0 Å². The molecule has 0 saturated heterocycles. The molecular formula is C13H20N2O3. The Morgan fingerprint density at radius 2 is 2.22 bits per heavy atom. The lowest BCUT2D eigenvalue weighted by atomic mass is 10.1. The van der Waals surface area contributed by atoms with E-state index in [1.807, 2.05) is 6.92 Å². The maximum atomic E-state index is 12.1. The van der Waals surface area contributed by atoms with Crippen LogP contribution in [-0.4, -0.2) is 49.3 Å². The van der Waals surface area contributed by atoms with Crippen molar-refractivity contribution >= 4 is 5.91 Å². The molecule has 0 fully saturated rings. The summed E-state index contributed by atoms with van der Waals surface area (Å²) in [5, 5.41) is 9.74. The zero-order chi connectivity index (χ0) is 13.7. The molecule has 1 aromatic carbocycles. The molecule has 0 saturated carbocycles. The summed E-state index contributed by atoms with van der Waals surface area (Å²) in [4.78, 5) is 13.6. The van der Waals surface area contributed by atoms with E-state index < -0.39 is 0 Å². The molecule has 0 aliphatic rings. The Morgan fingerprint density at radius 1 is 1.56 bits per heavy atom. The van der Waals surface area contributed by atoms with Crippen LogP contribution in [0.1, 0.15) is 15.9 Å². The van der Waals surface area contributed by atoms with Gasteiger partial charge in [-0.15, -0.1) is 0 Å². The molecule has 5 nitrogen and oxygen atoms in total. The number of likely N-dealkylation sites (N-methyl/N-ethyl adjacent to an activating group) is 1. The number of rotatable bonds is 5. The summed E-state index contributed by atoms with van der Waals surface area (Å²) in [5.74, 6) is -0.258. The minimum atomic E-state index is -0.251. The molecule has 3 N–H and O–H groups in total. The van der Waals surface area contributed by atoms with Crippen molar-refractivity contribution in [3.63, 3.8) is 0 Å². The predicted octanol–water partition coefficient (Wildman–Crippen LogP) is 0.746. The zero-order valence-corrected chi connectivity index (χ0v) is 11.0. The number of phenols is 1. The number of hydrogen-bond acceptors (Lipinski definition) is 4. The monoisotopic (exact) mass is 252 g/mol. The Morgan fingerprint density at radius 3 is 2.78 bits per heavy atom. The topological polar surface area (TPSA) is 75.8 Å². The first-order valence-corrected chi connectivity index (χ1v) is 5.75. The number of carbonyl (C=O) groups excluding carboxylic acids is 1. The van der Waals surface area contributed by atoms with Crippen LogP contribution >= 0.6 is 0 Å². The van der Waals surface area contributed by atoms with Crippen LogP contribution in [0.15, 0.2) is 18.2 Å². The van der Waals surface area contributed by atoms with Crippen LogP contribution in [0.5, 0.6) is 5.75 Å². The van der Waals surface area contributed by atoms with Gasteiger partial charge in [0.2, 0.25) is 0 Å². The third kappa shape index (κ3) is 3.72. The fourth-order valence-corrected chi connectivity index (χ4v) is 1.73. The van der Waals surface area contributed by atoms with E-state index in [2.05, 4.69) is 0 Å². The van der Waals surface area contributed by atoms with Crippen molar-refractivity contribution in [1.82, 2.24) is 4.90 Å². The van der Waals surface area contributed by atoms with Gasteiger partial charge in [0, 0.05) is 26.7 Å². The number of methoxy groups -OCH3 is 1. The number of aryl methyl sites for hydroxylation is 1. The molecule has 1 atom stereocenters. The summed E-state index contributed by atoms with van der Waals surface area (Å²) in [6, 6.07) is 4.73. The minimum Gasteiger partial charge on any atom is -0.507 e. The smallest absolute Gasteiger partial charge is 0.257 e. The van der Waals surface area contributed by atoms with E-state index in [1.54, 1.807) is 32.4 Å². The molecule has 5 heteroatoms. The summed E-state index contributed by atoms with van der Waals surface area (Å²) in [6.45, 7) is 2.61. The zero-order valence-electron chi connectivity index (χ0n) is 11.0. The van der Waals surface area contributed by atoms with Crippen LogP contribution in [-0.2, 0) is 4.74 Å². The number of ether oxygens (including phenoxy) is 1. The van der Waals surface area contributed by atoms with Gasteiger partial charge in [-0.3, -0.25) is 4.79 Å². The molecule has 0 aromatic heterocycles. The first-order valence-electron chi connectivity index (χ1n) is 5.75. The van der Waals surface area contributed by atoms with Gasteiger partial charge in [-0.1, -0.05) is 6.07 Å². The van der Waals surface area contributed by atoms with E-state index in [0.29, 0.717) is 13.2 Å². The molecule has 1 rings (SSSR count). The number of nitrogens with two attached hydrogens (primary N) is 1. The Bertz CT molecular complexity index is 421. The summed E-state index contributed by atoms with van der Waals surface area (Å²) in [6.07, 6.45) is 0. The largest absolute Gasteiger partial charge is 0.507 e. The number of carbonyl (C=O) groups is 1. The normalized spacial score (nSPS) is 12.2. The number of phenolic OH excluding ortho intramolecular Hbond substituents is 1. The number of nitrogens with zero attached hydrogens (tertiary/aromatic N) is 1. The molecule has 1 unspecified atom stereocenters. The minimum absolute atomic E-state index is 0.00726. The number of hydrogen-bond donors (Lipinski definition) is 2. The highest BCUT2D eigenvalue weighted by atomic mass is 16.5. The highest BCUT2D eigenvalue weighted by molar-refractivity contribution is 5.96. The SMILES string of the molecule is COCC(N)CN(C)C(=O)c1ccc(C)cc1O. The third-order valence-corrected chi connectivity index (χ3v) is 2.62. The van der Waals surface area contributed by atoms with Crippen molar-refractivity contribution in [3.05, 3.63) is 29.3 Å². The van der Waals surface area contributed by atoms with Gasteiger partial charge in [0.15, 0.2) is 0 Å². The highest BCUT2D eigenvalue weighted by Crippen LogP contribution is 2.19. The molecule has 0 radical (unpaired) electrons. The Labute approximate surface area is 107 Å². The maximum Gasteiger partial charge on any atom is 0.257 e. The van der Waals surface area contributed by atoms with Crippen LogP contribution in [0, 0.1) is 6.92 Å². The highest BCUT2D eigenvalue weighted by Gasteiger charge is 2.17. The Kier molecular flexibility index (Phi) is 5.12. The van der Waals surface area contributed by atoms with E-state index in [4.69, 9.17) is 10.5 Å². The fraction of sp³-hybridized carbons (Fsp3) is 0.462. The van der Waals surface area contributed by atoms with Gasteiger partial charge in [-0.05, 0) is 24.6 Å². The molecule has 0 bridgehead atoms. The van der Waals surface area contributed by atoms with E-state index in [1.165, 1.54) is 4.90 Å². The van der Waals surface area contributed by atoms with Crippen molar-refractivity contribution < 1.29 is 14.6 Å². The van der Waals surface area contributed by atoms with Gasteiger partial charge in [0.25, 0.3) is 5.91 Å². The van der Waals surface area contributed by atoms with Gasteiger partial charge in [-0.25, -0.2) is 0 Å². The van der Waals surface area contributed by atoms with Crippen molar-refractivity contribution in [1.29, 1.82) is 0 Å². The van der Waals surface area contributed by atoms with Crippen LogP contribution < -0.4 is 5.73 Å². The van der Waals surface area contributed by atoms with Crippen LogP contribution in [0.25, 0.3) is 0 Å². The second kappa shape index (κ2) is 6.37. The first kappa shape index (κ1) is 14.5. The van der Waals surface area contributed by atoms with E-state index in [9.17, 15) is 9.90 Å². The number of aromatic hydroxyl groups is 1. The summed E-state index contributed by atoms with van der Waals surface area (Å²) >= 11 is 0. The van der Waals surface area contributed by atoms with Crippen LogP contribution in [0.3, 0.4) is 0 Å². The molecule has 1 amide bonds. The Balaban J connectivity index is 2.74. The molecule has 0 aliphatic heterocycles. The number of benzene rings is 1. The van der Waals surface area contributed by atoms with Gasteiger partial charge in [0.1, 0.15) is 5.75 Å². The van der Waals surface area contributed by atoms with Crippen molar-refractivity contribution in [2.24, 2.45) is 5.73 Å². The molecule has 0 heterocycles. The predicted molar refractivity (Wildman–Crippen MR) is 69.7 cm³/mol. The van der Waals surface area contributed by atoms with Gasteiger partial charge in [-0.2, -0.15) is 0 Å². The van der Waals surface area contributed by atoms with Crippen molar-refractivity contribution in [2.45, 2.75) is 13.0 Å². The Hall–Kier alpha value is -1.59. The summed E-state index contributed by atoms with van der Waals surface area (Å²) < 4.78 is 4.92. The average molecular weight is 252 g/mol. The second-order valence-electron chi connectivity index (χ2n) is 4.42. The summed E-state index contributed by atoms with van der Waals surface area (Å²) in [5.41, 5.74) is 6.97. The van der Waals surface area contributed by atoms with Gasteiger partial charge < -0.3 is 20.5 Å². The quantitative estimate of drug-likeness (QED) is 0.810. The van der Waals surface area contributed by atoms with Gasteiger partial charge in [0.05, 0.1) is 12.2 Å². The van der Waals surface area contributed by atoms with E-state index in [-0.39, 0.29) is 23.3 Å². The average Bonchev–Trinajstić information content (AvgIpc) is 2.28. The van der Waals surface area contributed by atoms with Crippen molar-refractivity contribution in [3.8, 4) is 5.75 Å². The lowest BCUT2D eigenvalue weighted by molar-refractivity contribution is 0.0761.